The lowest BCUT2D eigenvalue weighted by atomic mass is 9.82. The van der Waals surface area contributed by atoms with Crippen molar-refractivity contribution < 1.29 is 0 Å². The van der Waals surface area contributed by atoms with Crippen molar-refractivity contribution in [1.82, 2.24) is 0 Å². The summed E-state index contributed by atoms with van der Waals surface area (Å²) in [5.41, 5.74) is 15.1. The molecule has 0 N–H and O–H groups in total. The van der Waals surface area contributed by atoms with Gasteiger partial charge in [0.25, 0.3) is 0 Å². The highest BCUT2D eigenvalue weighted by Crippen LogP contribution is 2.53. The molecule has 7 aromatic rings. The highest BCUT2D eigenvalue weighted by molar-refractivity contribution is 8.00. The Morgan fingerprint density at radius 2 is 1.31 bits per heavy atom. The molecule has 0 spiro atoms. The van der Waals surface area contributed by atoms with Gasteiger partial charge >= 0.3 is 0 Å². The molecule has 0 radical (unpaired) electrons. The van der Waals surface area contributed by atoms with Gasteiger partial charge in [0.1, 0.15) is 0 Å². The molecule has 0 bridgehead atoms. The number of thioether (sulfide) groups is 1. The molecule has 0 amide bonds. The molecule has 2 atom stereocenters. The van der Waals surface area contributed by atoms with E-state index >= 15 is 0 Å². The Morgan fingerprint density at radius 1 is 0.549 bits per heavy atom. The third-order valence-electron chi connectivity index (χ3n) is 11.2. The van der Waals surface area contributed by atoms with Gasteiger partial charge in [-0.2, -0.15) is 0 Å². The van der Waals surface area contributed by atoms with Crippen LogP contribution < -0.4 is 4.90 Å². The van der Waals surface area contributed by atoms with Crippen molar-refractivity contribution >= 4 is 39.6 Å². The number of rotatable bonds is 5. The molecular weight excluding hydrogens is 635 g/mol. The molecule has 3 aliphatic rings. The molecule has 0 saturated carbocycles. The van der Waals surface area contributed by atoms with Gasteiger partial charge in [0.05, 0.1) is 5.69 Å². The van der Waals surface area contributed by atoms with Crippen LogP contribution in [0.5, 0.6) is 0 Å². The van der Waals surface area contributed by atoms with Crippen molar-refractivity contribution in [2.24, 2.45) is 0 Å². The van der Waals surface area contributed by atoms with Crippen LogP contribution in [0.1, 0.15) is 36.5 Å². The molecule has 1 nitrogen and oxygen atoms in total. The van der Waals surface area contributed by atoms with Gasteiger partial charge in [0.15, 0.2) is 0 Å². The zero-order chi connectivity index (χ0) is 34.1. The first-order valence-electron chi connectivity index (χ1n) is 17.9. The van der Waals surface area contributed by atoms with E-state index in [1.54, 1.807) is 0 Å². The van der Waals surface area contributed by atoms with Gasteiger partial charge < -0.3 is 4.90 Å². The predicted molar refractivity (Wildman–Crippen MR) is 218 cm³/mol. The van der Waals surface area contributed by atoms with Crippen LogP contribution in [0, 0.1) is 0 Å². The van der Waals surface area contributed by atoms with E-state index in [2.05, 4.69) is 195 Å². The summed E-state index contributed by atoms with van der Waals surface area (Å²) in [6.45, 7) is 4.74. The lowest BCUT2D eigenvalue weighted by Crippen LogP contribution is -2.17. The van der Waals surface area contributed by atoms with Crippen molar-refractivity contribution in [2.45, 2.75) is 35.3 Å². The average Bonchev–Trinajstić information content (AvgIpc) is 3.66. The number of anilines is 3. The van der Waals surface area contributed by atoms with Crippen molar-refractivity contribution in [3.8, 4) is 33.4 Å². The number of fused-ring (bicyclic) bond motifs is 7. The summed E-state index contributed by atoms with van der Waals surface area (Å²) in [7, 11) is 0. The smallest absolute Gasteiger partial charge is 0.0546 e. The van der Waals surface area contributed by atoms with Crippen molar-refractivity contribution in [1.29, 1.82) is 0 Å². The van der Waals surface area contributed by atoms with E-state index in [9.17, 15) is 0 Å². The zero-order valence-electron chi connectivity index (χ0n) is 28.8. The molecule has 0 aromatic heterocycles. The minimum atomic E-state index is -0.109. The summed E-state index contributed by atoms with van der Waals surface area (Å²) in [4.78, 5) is 3.89. The molecule has 2 unspecified atom stereocenters. The summed E-state index contributed by atoms with van der Waals surface area (Å²) < 4.78 is 0. The van der Waals surface area contributed by atoms with Crippen LogP contribution in [0.15, 0.2) is 181 Å². The van der Waals surface area contributed by atoms with Gasteiger partial charge in [-0.3, -0.25) is 0 Å². The Hall–Kier alpha value is -5.57. The zero-order valence-corrected chi connectivity index (χ0v) is 29.6. The fourth-order valence-electron chi connectivity index (χ4n) is 8.66. The third-order valence-corrected chi connectivity index (χ3v) is 12.5. The lowest BCUT2D eigenvalue weighted by Gasteiger charge is -2.31. The van der Waals surface area contributed by atoms with E-state index in [1.165, 1.54) is 71.4 Å². The van der Waals surface area contributed by atoms with Crippen LogP contribution in [0.2, 0.25) is 0 Å². The number of benzene rings is 7. The van der Waals surface area contributed by atoms with Crippen LogP contribution in [-0.2, 0) is 5.41 Å². The normalized spacial score (nSPS) is 17.5. The highest BCUT2D eigenvalue weighted by Gasteiger charge is 2.36. The summed E-state index contributed by atoms with van der Waals surface area (Å²) in [6, 6.07) is 56.5. The van der Waals surface area contributed by atoms with Crippen LogP contribution in [0.25, 0.3) is 44.2 Å². The maximum absolute atomic E-state index is 2.50. The van der Waals surface area contributed by atoms with E-state index in [0.717, 1.165) is 11.4 Å². The number of nitrogens with zero attached hydrogens (tertiary/aromatic N) is 1. The van der Waals surface area contributed by atoms with Gasteiger partial charge in [0.2, 0.25) is 0 Å². The predicted octanol–water partition coefficient (Wildman–Crippen LogP) is 13.6. The molecule has 244 valence electrons. The molecule has 1 aliphatic heterocycles. The second-order valence-electron chi connectivity index (χ2n) is 14.5. The molecule has 0 fully saturated rings. The summed E-state index contributed by atoms with van der Waals surface area (Å²) >= 11 is 1.99. The maximum atomic E-state index is 2.50. The number of allylic oxidation sites excluding steroid dienone is 3. The van der Waals surface area contributed by atoms with Crippen molar-refractivity contribution in [3.05, 3.63) is 193 Å². The first-order chi connectivity index (χ1) is 25.0. The minimum Gasteiger partial charge on any atom is -0.310 e. The van der Waals surface area contributed by atoms with Crippen LogP contribution >= 0.6 is 11.8 Å². The SMILES string of the molecule is CC1(C)c2ccccc2-c2ccc(N(c3cccc(-c4ccccc4)c3)c3ccc4ccccc4c3-c3ccc4c(c3)C3C=CC=CC3S4)cc21. The lowest BCUT2D eigenvalue weighted by molar-refractivity contribution is 0.660. The Bertz CT molecular complexity index is 2560. The van der Waals surface area contributed by atoms with E-state index < -0.39 is 0 Å². The minimum absolute atomic E-state index is 0.109. The van der Waals surface area contributed by atoms with Crippen molar-refractivity contribution in [3.63, 3.8) is 0 Å². The fraction of sp³-hybridized carbons (Fsp3) is 0.102. The third kappa shape index (κ3) is 4.85. The van der Waals surface area contributed by atoms with Crippen LogP contribution in [-0.4, -0.2) is 5.25 Å². The van der Waals surface area contributed by atoms with Gasteiger partial charge in [-0.25, -0.2) is 0 Å². The number of hydrogen-bond acceptors (Lipinski definition) is 2. The summed E-state index contributed by atoms with van der Waals surface area (Å²) in [5, 5.41) is 2.96. The maximum Gasteiger partial charge on any atom is 0.0546 e. The average molecular weight is 672 g/mol. The standard InChI is InChI=1S/C49H37NS/c1-49(2)43-21-10-8-19-39(43)40-26-25-37(31-44(40)49)50(36-17-12-16-34(29-36)32-13-4-3-5-14-32)45-27-23-33-15-6-7-18-38(33)48(45)35-24-28-47-42(30-35)41-20-9-11-22-46(41)51-47/h3-31,41,46H,1-2H3. The van der Waals surface area contributed by atoms with E-state index in [0.29, 0.717) is 11.2 Å². The Kier molecular flexibility index (Phi) is 6.98. The van der Waals surface area contributed by atoms with Gasteiger partial charge in [-0.05, 0) is 97.7 Å². The quantitative estimate of drug-likeness (QED) is 0.179. The Labute approximate surface area is 304 Å². The molecule has 7 aromatic carbocycles. The van der Waals surface area contributed by atoms with E-state index in [4.69, 9.17) is 0 Å². The monoisotopic (exact) mass is 671 g/mol. The van der Waals surface area contributed by atoms with E-state index in [1.807, 2.05) is 11.8 Å². The highest BCUT2D eigenvalue weighted by atomic mass is 32.2. The molecule has 51 heavy (non-hydrogen) atoms. The van der Waals surface area contributed by atoms with Crippen LogP contribution in [0.4, 0.5) is 17.1 Å². The van der Waals surface area contributed by atoms with Gasteiger partial charge in [-0.15, -0.1) is 11.8 Å². The summed E-state index contributed by atoms with van der Waals surface area (Å²) in [5.74, 6) is 0.396. The van der Waals surface area contributed by atoms with Gasteiger partial charge in [0, 0.05) is 38.4 Å². The van der Waals surface area contributed by atoms with E-state index in [-0.39, 0.29) is 5.41 Å². The molecule has 10 rings (SSSR count). The Balaban J connectivity index is 1.22. The topological polar surface area (TPSA) is 3.24 Å². The Morgan fingerprint density at radius 3 is 2.24 bits per heavy atom. The molecule has 2 heteroatoms. The molecule has 1 heterocycles. The first kappa shape index (κ1) is 30.3. The molecule has 2 aliphatic carbocycles. The largest absolute Gasteiger partial charge is 0.310 e. The first-order valence-corrected chi connectivity index (χ1v) is 18.8. The van der Waals surface area contributed by atoms with Crippen molar-refractivity contribution in [2.75, 3.05) is 4.90 Å². The molecule has 0 saturated heterocycles. The molecular formula is C49H37NS. The second-order valence-corrected chi connectivity index (χ2v) is 15.7. The fourth-order valence-corrected chi connectivity index (χ4v) is 9.99. The van der Waals surface area contributed by atoms with Crippen LogP contribution in [0.3, 0.4) is 0 Å². The second kappa shape index (κ2) is 11.8. The summed E-state index contributed by atoms with van der Waals surface area (Å²) in [6.07, 6.45) is 9.14. The number of hydrogen-bond donors (Lipinski definition) is 0. The van der Waals surface area contributed by atoms with Gasteiger partial charge in [-0.1, -0.05) is 147 Å².